The zero-order valence-electron chi connectivity index (χ0n) is 12.1. The molecule has 2 atom stereocenters. The van der Waals surface area contributed by atoms with Crippen molar-refractivity contribution in [1.29, 1.82) is 0 Å². The molecular weight excluding hydrogens is 324 g/mol. The molecule has 0 bridgehead atoms. The number of hydrogen-bond acceptors (Lipinski definition) is 5. The molecule has 2 unspecified atom stereocenters. The van der Waals surface area contributed by atoms with Crippen molar-refractivity contribution in [3.63, 3.8) is 0 Å². The minimum atomic E-state index is -0.0249. The van der Waals surface area contributed by atoms with Gasteiger partial charge in [-0.3, -0.25) is 4.90 Å². The molecule has 112 valence electrons. The summed E-state index contributed by atoms with van der Waals surface area (Å²) < 4.78 is 17.5. The van der Waals surface area contributed by atoms with Gasteiger partial charge in [0.1, 0.15) is 0 Å². The normalized spacial score (nSPS) is 23.6. The average Bonchev–Trinajstić information content (AvgIpc) is 2.47. The minimum absolute atomic E-state index is 0.0249. The first-order chi connectivity index (χ1) is 9.62. The summed E-state index contributed by atoms with van der Waals surface area (Å²) in [6, 6.07) is 4.01. The highest BCUT2D eigenvalue weighted by Crippen LogP contribution is 2.39. The molecule has 1 aromatic carbocycles. The van der Waals surface area contributed by atoms with E-state index in [0.29, 0.717) is 24.7 Å². The Balaban J connectivity index is 2.44. The number of methoxy groups -OCH3 is 2. The maximum atomic E-state index is 5.85. The Labute approximate surface area is 128 Å². The predicted molar refractivity (Wildman–Crippen MR) is 81.4 cm³/mol. The van der Waals surface area contributed by atoms with Crippen LogP contribution in [0.2, 0.25) is 0 Å². The van der Waals surface area contributed by atoms with Crippen LogP contribution in [0.3, 0.4) is 0 Å². The summed E-state index contributed by atoms with van der Waals surface area (Å²) >= 11 is 3.61. The average molecular weight is 345 g/mol. The van der Waals surface area contributed by atoms with Crippen molar-refractivity contribution in [3.05, 3.63) is 22.2 Å². The molecule has 6 heteroatoms. The van der Waals surface area contributed by atoms with E-state index in [1.165, 1.54) is 0 Å². The van der Waals surface area contributed by atoms with Gasteiger partial charge in [-0.2, -0.15) is 0 Å². The topological polar surface area (TPSA) is 57.0 Å². The molecule has 1 fully saturated rings. The fourth-order valence-corrected chi connectivity index (χ4v) is 3.15. The zero-order valence-corrected chi connectivity index (χ0v) is 13.6. The number of halogens is 1. The molecule has 1 aliphatic heterocycles. The van der Waals surface area contributed by atoms with Crippen LogP contribution in [0, 0.1) is 0 Å². The Hall–Kier alpha value is -0.820. The molecular formula is C14H21BrN2O3. The summed E-state index contributed by atoms with van der Waals surface area (Å²) in [7, 11) is 5.35. The van der Waals surface area contributed by atoms with Crippen molar-refractivity contribution < 1.29 is 14.2 Å². The van der Waals surface area contributed by atoms with Gasteiger partial charge in [-0.05, 0) is 24.7 Å². The summed E-state index contributed by atoms with van der Waals surface area (Å²) in [6.45, 7) is 2.07. The second-order valence-corrected chi connectivity index (χ2v) is 5.65. The summed E-state index contributed by atoms with van der Waals surface area (Å²) in [6.07, 6.45) is -0.0249. The lowest BCUT2D eigenvalue weighted by Gasteiger charge is -2.39. The third kappa shape index (κ3) is 2.93. The van der Waals surface area contributed by atoms with E-state index in [0.717, 1.165) is 16.6 Å². The van der Waals surface area contributed by atoms with Gasteiger partial charge in [0, 0.05) is 17.6 Å². The first-order valence-corrected chi connectivity index (χ1v) is 7.35. The fourth-order valence-electron chi connectivity index (χ4n) is 2.59. The molecule has 1 saturated heterocycles. The van der Waals surface area contributed by atoms with Crippen molar-refractivity contribution in [1.82, 2.24) is 4.90 Å². The smallest absolute Gasteiger partial charge is 0.161 e. The van der Waals surface area contributed by atoms with Gasteiger partial charge in [0.25, 0.3) is 0 Å². The molecule has 0 aromatic heterocycles. The number of benzene rings is 1. The summed E-state index contributed by atoms with van der Waals surface area (Å²) in [5, 5.41) is 0. The lowest BCUT2D eigenvalue weighted by Crippen LogP contribution is -2.46. The maximum absolute atomic E-state index is 5.85. The van der Waals surface area contributed by atoms with Gasteiger partial charge in [0.15, 0.2) is 11.5 Å². The van der Waals surface area contributed by atoms with Gasteiger partial charge in [-0.25, -0.2) is 0 Å². The van der Waals surface area contributed by atoms with E-state index in [-0.39, 0.29) is 12.1 Å². The lowest BCUT2D eigenvalue weighted by molar-refractivity contribution is -0.0579. The molecule has 20 heavy (non-hydrogen) atoms. The van der Waals surface area contributed by atoms with Crippen LogP contribution in [0.4, 0.5) is 0 Å². The van der Waals surface area contributed by atoms with Crippen molar-refractivity contribution in [2.75, 3.05) is 41.0 Å². The van der Waals surface area contributed by atoms with Gasteiger partial charge in [-0.15, -0.1) is 0 Å². The molecule has 2 N–H and O–H groups in total. The van der Waals surface area contributed by atoms with E-state index in [4.69, 9.17) is 19.9 Å². The Kier molecular flexibility index (Phi) is 5.26. The highest BCUT2D eigenvalue weighted by atomic mass is 79.9. The van der Waals surface area contributed by atoms with Gasteiger partial charge in [-0.1, -0.05) is 15.9 Å². The van der Waals surface area contributed by atoms with Crippen LogP contribution in [-0.2, 0) is 4.74 Å². The number of rotatable bonds is 4. The van der Waals surface area contributed by atoms with Gasteiger partial charge in [0.2, 0.25) is 0 Å². The standard InChI is InChI=1S/C14H21BrN2O3/c1-17-4-5-20-13(8-16)14(17)9-6-11(18-2)12(19-3)7-10(9)15/h6-7,13-14H,4-5,8,16H2,1-3H3. The molecule has 2 rings (SSSR count). The first kappa shape index (κ1) is 15.6. The van der Waals surface area contributed by atoms with Crippen molar-refractivity contribution in [2.24, 2.45) is 5.73 Å². The molecule has 0 spiro atoms. The summed E-state index contributed by atoms with van der Waals surface area (Å²) in [5.41, 5.74) is 6.94. The van der Waals surface area contributed by atoms with Gasteiger partial charge in [0.05, 0.1) is 33.0 Å². The summed E-state index contributed by atoms with van der Waals surface area (Å²) in [4.78, 5) is 2.26. The second-order valence-electron chi connectivity index (χ2n) is 4.80. The van der Waals surface area contributed by atoms with Crippen LogP contribution < -0.4 is 15.2 Å². The Morgan fingerprint density at radius 1 is 1.35 bits per heavy atom. The number of morpholine rings is 1. The number of ether oxygens (including phenoxy) is 3. The molecule has 0 radical (unpaired) electrons. The highest BCUT2D eigenvalue weighted by Gasteiger charge is 2.32. The van der Waals surface area contributed by atoms with Crippen LogP contribution >= 0.6 is 15.9 Å². The van der Waals surface area contributed by atoms with Crippen molar-refractivity contribution in [3.8, 4) is 11.5 Å². The van der Waals surface area contributed by atoms with E-state index in [2.05, 4.69) is 27.9 Å². The number of nitrogens with zero attached hydrogens (tertiary/aromatic N) is 1. The largest absolute Gasteiger partial charge is 0.493 e. The SMILES string of the molecule is COc1cc(Br)c(C2C(CN)OCCN2C)cc1OC. The van der Waals surface area contributed by atoms with Crippen molar-refractivity contribution >= 4 is 15.9 Å². The monoisotopic (exact) mass is 344 g/mol. The minimum Gasteiger partial charge on any atom is -0.493 e. The quantitative estimate of drug-likeness (QED) is 0.902. The van der Waals surface area contributed by atoms with Crippen LogP contribution in [-0.4, -0.2) is 52.0 Å². The second kappa shape index (κ2) is 6.76. The van der Waals surface area contributed by atoms with E-state index in [1.54, 1.807) is 14.2 Å². The third-order valence-corrected chi connectivity index (χ3v) is 4.34. The molecule has 0 saturated carbocycles. The van der Waals surface area contributed by atoms with E-state index in [1.807, 2.05) is 12.1 Å². The van der Waals surface area contributed by atoms with E-state index < -0.39 is 0 Å². The number of nitrogens with two attached hydrogens (primary N) is 1. The third-order valence-electron chi connectivity index (χ3n) is 3.66. The molecule has 0 amide bonds. The van der Waals surface area contributed by atoms with Gasteiger partial charge >= 0.3 is 0 Å². The van der Waals surface area contributed by atoms with E-state index >= 15 is 0 Å². The number of hydrogen-bond donors (Lipinski definition) is 1. The maximum Gasteiger partial charge on any atom is 0.161 e. The van der Waals surface area contributed by atoms with Crippen LogP contribution in [0.1, 0.15) is 11.6 Å². The van der Waals surface area contributed by atoms with E-state index in [9.17, 15) is 0 Å². The number of likely N-dealkylation sites (N-methyl/N-ethyl adjacent to an activating group) is 1. The van der Waals surface area contributed by atoms with Crippen LogP contribution in [0.5, 0.6) is 11.5 Å². The van der Waals surface area contributed by atoms with Crippen LogP contribution in [0.25, 0.3) is 0 Å². The zero-order chi connectivity index (χ0) is 14.7. The van der Waals surface area contributed by atoms with Crippen molar-refractivity contribution in [2.45, 2.75) is 12.1 Å². The molecule has 5 nitrogen and oxygen atoms in total. The molecule has 1 aromatic rings. The highest BCUT2D eigenvalue weighted by molar-refractivity contribution is 9.10. The fraction of sp³-hybridized carbons (Fsp3) is 0.571. The molecule has 1 aliphatic rings. The predicted octanol–water partition coefficient (Wildman–Crippen LogP) is 1.80. The first-order valence-electron chi connectivity index (χ1n) is 6.55. The van der Waals surface area contributed by atoms with Gasteiger partial charge < -0.3 is 19.9 Å². The Bertz CT molecular complexity index is 470. The molecule has 1 heterocycles. The summed E-state index contributed by atoms with van der Waals surface area (Å²) in [5.74, 6) is 1.41. The molecule has 0 aliphatic carbocycles. The lowest BCUT2D eigenvalue weighted by atomic mass is 9.98. The Morgan fingerprint density at radius 3 is 2.60 bits per heavy atom. The Morgan fingerprint density at radius 2 is 2.00 bits per heavy atom. The van der Waals surface area contributed by atoms with Crippen LogP contribution in [0.15, 0.2) is 16.6 Å².